The number of pyridine rings is 1. The number of carbonyl (C=O) groups is 1. The Kier molecular flexibility index (Phi) is 6.72. The summed E-state index contributed by atoms with van der Waals surface area (Å²) in [6.07, 6.45) is 4.10. The molecule has 2 aliphatic rings. The summed E-state index contributed by atoms with van der Waals surface area (Å²) in [5.41, 5.74) is 2.77. The van der Waals surface area contributed by atoms with Crippen molar-refractivity contribution < 1.29 is 14.3 Å². The first-order valence-corrected chi connectivity index (χ1v) is 12.5. The number of hydrogen-bond donors (Lipinski definition) is 1. The Balaban J connectivity index is 1.44. The third-order valence-corrected chi connectivity index (χ3v) is 6.99. The lowest BCUT2D eigenvalue weighted by Gasteiger charge is -2.20. The fourth-order valence-corrected chi connectivity index (χ4v) is 5.18. The van der Waals surface area contributed by atoms with Crippen LogP contribution in [0.1, 0.15) is 32.6 Å². The molecule has 1 amide bonds. The second-order valence-corrected chi connectivity index (χ2v) is 9.25. The highest BCUT2D eigenvalue weighted by molar-refractivity contribution is 6.08. The molecule has 2 fully saturated rings. The van der Waals surface area contributed by atoms with Crippen LogP contribution < -0.4 is 14.8 Å². The molecule has 5 rings (SSSR count). The molecule has 1 unspecified atom stereocenters. The molecular formula is C27H34N4O3. The highest BCUT2D eigenvalue weighted by Crippen LogP contribution is 2.39. The monoisotopic (exact) mass is 462 g/mol. The van der Waals surface area contributed by atoms with Gasteiger partial charge in [0.15, 0.2) is 11.5 Å². The van der Waals surface area contributed by atoms with Crippen LogP contribution in [0.2, 0.25) is 0 Å². The molecule has 34 heavy (non-hydrogen) atoms. The van der Waals surface area contributed by atoms with Crippen molar-refractivity contribution in [3.05, 3.63) is 36.4 Å². The number of carbonyl (C=O) groups excluding carboxylic acids is 1. The summed E-state index contributed by atoms with van der Waals surface area (Å²) in [5, 5.41) is 5.69. The first-order valence-electron chi connectivity index (χ1n) is 12.5. The van der Waals surface area contributed by atoms with Crippen LogP contribution in [-0.2, 0) is 4.79 Å². The molecule has 0 spiro atoms. The third kappa shape index (κ3) is 4.62. The van der Waals surface area contributed by atoms with E-state index in [1.54, 1.807) is 7.11 Å². The first-order chi connectivity index (χ1) is 16.7. The van der Waals surface area contributed by atoms with Crippen molar-refractivity contribution in [3.8, 4) is 11.5 Å². The average molecular weight is 463 g/mol. The van der Waals surface area contributed by atoms with E-state index in [9.17, 15) is 4.79 Å². The van der Waals surface area contributed by atoms with Gasteiger partial charge in [-0.25, -0.2) is 4.98 Å². The van der Waals surface area contributed by atoms with E-state index in [0.29, 0.717) is 25.3 Å². The van der Waals surface area contributed by atoms with Gasteiger partial charge in [0, 0.05) is 42.9 Å². The summed E-state index contributed by atoms with van der Waals surface area (Å²) in [7, 11) is 1.68. The smallest absolute Gasteiger partial charge is 0.224 e. The molecule has 1 aromatic heterocycles. The van der Waals surface area contributed by atoms with Crippen molar-refractivity contribution in [1.29, 1.82) is 0 Å². The molecule has 7 heteroatoms. The lowest BCUT2D eigenvalue weighted by Crippen LogP contribution is -2.27. The van der Waals surface area contributed by atoms with Gasteiger partial charge in [0.1, 0.15) is 0 Å². The average Bonchev–Trinajstić information content (AvgIpc) is 3.50. The largest absolute Gasteiger partial charge is 0.493 e. The lowest BCUT2D eigenvalue weighted by molar-refractivity contribution is -0.127. The molecule has 0 radical (unpaired) electrons. The topological polar surface area (TPSA) is 66.9 Å². The minimum atomic E-state index is 0.0639. The van der Waals surface area contributed by atoms with E-state index in [1.165, 1.54) is 25.9 Å². The number of benzene rings is 2. The summed E-state index contributed by atoms with van der Waals surface area (Å²) in [6.45, 7) is 7.60. The van der Waals surface area contributed by atoms with Crippen LogP contribution in [0.25, 0.3) is 21.8 Å². The van der Waals surface area contributed by atoms with Gasteiger partial charge in [-0.15, -0.1) is 0 Å². The number of para-hydroxylation sites is 1. The fourth-order valence-electron chi connectivity index (χ4n) is 5.18. The SMILES string of the molecule is CCN1CC(Nc2c3ccccc3nc3cc(OCCCN4CCCC4)c(OC)cc23)CC1=O. The summed E-state index contributed by atoms with van der Waals surface area (Å²) >= 11 is 0. The number of likely N-dealkylation sites (tertiary alicyclic amines) is 2. The zero-order chi connectivity index (χ0) is 23.5. The lowest BCUT2D eigenvalue weighted by atomic mass is 10.1. The van der Waals surface area contributed by atoms with Crippen molar-refractivity contribution >= 4 is 33.4 Å². The molecule has 1 N–H and O–H groups in total. The van der Waals surface area contributed by atoms with E-state index < -0.39 is 0 Å². The van der Waals surface area contributed by atoms with Gasteiger partial charge in [0.25, 0.3) is 0 Å². The van der Waals surface area contributed by atoms with Gasteiger partial charge in [0.2, 0.25) is 5.91 Å². The maximum absolute atomic E-state index is 12.3. The number of ether oxygens (including phenoxy) is 2. The summed E-state index contributed by atoms with van der Waals surface area (Å²) in [5.74, 6) is 1.62. The molecule has 0 aliphatic carbocycles. The van der Waals surface area contributed by atoms with Crippen LogP contribution in [-0.4, -0.2) is 73.2 Å². The molecule has 180 valence electrons. The minimum Gasteiger partial charge on any atom is -0.493 e. The van der Waals surface area contributed by atoms with Crippen molar-refractivity contribution in [3.63, 3.8) is 0 Å². The maximum atomic E-state index is 12.3. The number of amides is 1. The van der Waals surface area contributed by atoms with E-state index in [2.05, 4.69) is 16.3 Å². The Morgan fingerprint density at radius 2 is 1.91 bits per heavy atom. The number of nitrogens with zero attached hydrogens (tertiary/aromatic N) is 3. The van der Waals surface area contributed by atoms with Crippen molar-refractivity contribution in [2.24, 2.45) is 0 Å². The van der Waals surface area contributed by atoms with Crippen LogP contribution in [0.3, 0.4) is 0 Å². The maximum Gasteiger partial charge on any atom is 0.224 e. The third-order valence-electron chi connectivity index (χ3n) is 6.99. The van der Waals surface area contributed by atoms with Crippen molar-refractivity contribution in [2.45, 2.75) is 38.6 Å². The van der Waals surface area contributed by atoms with Gasteiger partial charge in [-0.05, 0) is 51.4 Å². The van der Waals surface area contributed by atoms with Crippen LogP contribution in [0, 0.1) is 0 Å². The number of aromatic nitrogens is 1. The second-order valence-electron chi connectivity index (χ2n) is 9.25. The van der Waals surface area contributed by atoms with Gasteiger partial charge in [0.05, 0.1) is 36.5 Å². The van der Waals surface area contributed by atoms with E-state index >= 15 is 0 Å². The Hall–Kier alpha value is -3.06. The van der Waals surface area contributed by atoms with Crippen molar-refractivity contribution in [2.75, 3.05) is 51.8 Å². The van der Waals surface area contributed by atoms with Crippen LogP contribution in [0.4, 0.5) is 5.69 Å². The molecule has 0 saturated carbocycles. The van der Waals surface area contributed by atoms with E-state index in [4.69, 9.17) is 14.5 Å². The summed E-state index contributed by atoms with van der Waals surface area (Å²) < 4.78 is 11.9. The van der Waals surface area contributed by atoms with Crippen LogP contribution in [0.5, 0.6) is 11.5 Å². The number of hydrogen-bond acceptors (Lipinski definition) is 6. The molecule has 3 heterocycles. The normalized spacial score (nSPS) is 18.8. The number of likely N-dealkylation sites (N-methyl/N-ethyl adjacent to an activating group) is 1. The standard InChI is InChI=1S/C27H34N4O3/c1-3-31-18-19(15-26(31)32)28-27-20-9-4-5-10-22(20)29-23-17-25(24(33-2)16-21(23)27)34-14-8-13-30-11-6-7-12-30/h4-5,9-10,16-17,19H,3,6-8,11-15,18H2,1-2H3,(H,28,29). The number of anilines is 1. The van der Waals surface area contributed by atoms with Crippen molar-refractivity contribution in [1.82, 2.24) is 14.8 Å². The Labute approximate surface area is 201 Å². The molecule has 2 aliphatic heterocycles. The Bertz CT molecular complexity index is 1180. The number of methoxy groups -OCH3 is 1. The van der Waals surface area contributed by atoms with Gasteiger partial charge in [-0.3, -0.25) is 4.79 Å². The van der Waals surface area contributed by atoms with Gasteiger partial charge < -0.3 is 24.6 Å². The van der Waals surface area contributed by atoms with E-state index in [0.717, 1.165) is 52.8 Å². The number of rotatable bonds is 9. The molecule has 1 atom stereocenters. The zero-order valence-corrected chi connectivity index (χ0v) is 20.2. The summed E-state index contributed by atoms with van der Waals surface area (Å²) in [6, 6.07) is 12.2. The molecule has 2 aromatic carbocycles. The summed E-state index contributed by atoms with van der Waals surface area (Å²) in [4.78, 5) is 21.6. The molecule has 3 aromatic rings. The predicted molar refractivity (Wildman–Crippen MR) is 136 cm³/mol. The van der Waals surface area contributed by atoms with E-state index in [1.807, 2.05) is 42.2 Å². The molecular weight excluding hydrogens is 428 g/mol. The Morgan fingerprint density at radius 3 is 2.68 bits per heavy atom. The highest BCUT2D eigenvalue weighted by Gasteiger charge is 2.29. The van der Waals surface area contributed by atoms with Crippen LogP contribution >= 0.6 is 0 Å². The minimum absolute atomic E-state index is 0.0639. The number of nitrogens with one attached hydrogen (secondary N) is 1. The predicted octanol–water partition coefficient (Wildman–Crippen LogP) is 4.29. The molecule has 0 bridgehead atoms. The van der Waals surface area contributed by atoms with Gasteiger partial charge >= 0.3 is 0 Å². The quantitative estimate of drug-likeness (QED) is 0.378. The van der Waals surface area contributed by atoms with Gasteiger partial charge in [-0.2, -0.15) is 0 Å². The highest BCUT2D eigenvalue weighted by atomic mass is 16.5. The van der Waals surface area contributed by atoms with E-state index in [-0.39, 0.29) is 11.9 Å². The molecule has 7 nitrogen and oxygen atoms in total. The Morgan fingerprint density at radius 1 is 1.09 bits per heavy atom. The second kappa shape index (κ2) is 10.1. The van der Waals surface area contributed by atoms with Crippen LogP contribution in [0.15, 0.2) is 36.4 Å². The fraction of sp³-hybridized carbons (Fsp3) is 0.481. The number of fused-ring (bicyclic) bond motifs is 2. The van der Waals surface area contributed by atoms with Gasteiger partial charge in [-0.1, -0.05) is 18.2 Å². The first kappa shape index (κ1) is 22.7. The molecule has 2 saturated heterocycles. The zero-order valence-electron chi connectivity index (χ0n) is 20.2.